The Kier molecular flexibility index (Phi) is 3.99. The molecular weight excluding hydrogens is 294 g/mol. The molecule has 1 aromatic carbocycles. The second-order valence-corrected chi connectivity index (χ2v) is 6.14. The third-order valence-corrected chi connectivity index (χ3v) is 4.08. The molecule has 1 unspecified atom stereocenters. The predicted octanol–water partition coefficient (Wildman–Crippen LogP) is 2.62. The maximum absolute atomic E-state index is 11.0. The van der Waals surface area contributed by atoms with Gasteiger partial charge in [0.05, 0.1) is 11.6 Å². The molecule has 1 fully saturated rings. The lowest BCUT2D eigenvalue weighted by Crippen LogP contribution is -2.39. The van der Waals surface area contributed by atoms with Gasteiger partial charge in [-0.2, -0.15) is 0 Å². The lowest BCUT2D eigenvalue weighted by Gasteiger charge is -2.32. The molecule has 1 aromatic rings. The molecule has 0 saturated heterocycles. The smallest absolute Gasteiger partial charge is 0.133 e. The number of hydrogen-bond acceptors (Lipinski definition) is 3. The first-order chi connectivity index (χ1) is 8.47. The Balaban J connectivity index is 2.33. The molecule has 100 valence electrons. The zero-order chi connectivity index (χ0) is 13.3. The molecule has 0 radical (unpaired) electrons. The van der Waals surface area contributed by atoms with Gasteiger partial charge in [0.15, 0.2) is 0 Å². The Hall–Kier alpha value is -0.580. The molecule has 1 saturated carbocycles. The van der Waals surface area contributed by atoms with E-state index in [4.69, 9.17) is 4.74 Å². The van der Waals surface area contributed by atoms with Gasteiger partial charge in [0, 0.05) is 6.54 Å². The second kappa shape index (κ2) is 5.19. The molecule has 1 N–H and O–H groups in total. The summed E-state index contributed by atoms with van der Waals surface area (Å²) in [5, 5.41) is 11.0. The van der Waals surface area contributed by atoms with Crippen molar-refractivity contribution in [2.45, 2.75) is 18.4 Å². The normalized spacial score (nSPS) is 18.8. The highest BCUT2D eigenvalue weighted by Gasteiger charge is 2.45. The van der Waals surface area contributed by atoms with Gasteiger partial charge in [-0.05, 0) is 66.5 Å². The first-order valence-corrected chi connectivity index (χ1v) is 6.98. The largest absolute Gasteiger partial charge is 0.496 e. The Bertz CT molecular complexity index is 432. The average Bonchev–Trinajstić information content (AvgIpc) is 3.11. The zero-order valence-electron chi connectivity index (χ0n) is 11.1. The molecule has 1 atom stereocenters. The summed E-state index contributed by atoms with van der Waals surface area (Å²) in [4.78, 5) is 2.04. The second-order valence-electron chi connectivity index (χ2n) is 5.29. The third kappa shape index (κ3) is 2.71. The summed E-state index contributed by atoms with van der Waals surface area (Å²) in [5.41, 5.74) is 0.213. The number of aliphatic hydroxyl groups is 1. The lowest BCUT2D eigenvalue weighted by molar-refractivity contribution is -0.0100. The number of benzene rings is 1. The number of nitrogens with zero attached hydrogens (tertiary/aromatic N) is 1. The van der Waals surface area contributed by atoms with Crippen LogP contribution >= 0.6 is 15.9 Å². The topological polar surface area (TPSA) is 32.7 Å². The molecule has 0 aromatic heterocycles. The third-order valence-electron chi connectivity index (χ3n) is 3.46. The van der Waals surface area contributed by atoms with Gasteiger partial charge >= 0.3 is 0 Å². The number of likely N-dealkylation sites (N-methyl/N-ethyl adjacent to an activating group) is 1. The van der Waals surface area contributed by atoms with E-state index in [1.807, 2.05) is 37.2 Å². The van der Waals surface area contributed by atoms with Crippen LogP contribution in [0.2, 0.25) is 0 Å². The van der Waals surface area contributed by atoms with Gasteiger partial charge < -0.3 is 14.7 Å². The van der Waals surface area contributed by atoms with Gasteiger partial charge in [0.1, 0.15) is 11.4 Å². The molecule has 1 aliphatic carbocycles. The molecule has 0 aliphatic heterocycles. The number of rotatable bonds is 5. The van der Waals surface area contributed by atoms with Crippen LogP contribution in [0.4, 0.5) is 0 Å². The van der Waals surface area contributed by atoms with Crippen molar-refractivity contribution in [3.63, 3.8) is 0 Å². The molecule has 1 aliphatic rings. The van der Waals surface area contributed by atoms with Crippen molar-refractivity contribution >= 4 is 15.9 Å². The molecule has 4 heteroatoms. The molecule has 0 heterocycles. The molecular formula is C14H20BrNO2. The predicted molar refractivity (Wildman–Crippen MR) is 75.9 cm³/mol. The van der Waals surface area contributed by atoms with Gasteiger partial charge in [0.2, 0.25) is 0 Å². The molecule has 3 nitrogen and oxygen atoms in total. The Morgan fingerprint density at radius 3 is 2.56 bits per heavy atom. The molecule has 0 spiro atoms. The van der Waals surface area contributed by atoms with Crippen molar-refractivity contribution < 1.29 is 9.84 Å². The van der Waals surface area contributed by atoms with Crippen LogP contribution in [0.25, 0.3) is 0 Å². The minimum atomic E-state index is -0.752. The molecule has 0 amide bonds. The maximum Gasteiger partial charge on any atom is 0.133 e. The summed E-state index contributed by atoms with van der Waals surface area (Å²) in [7, 11) is 5.63. The Morgan fingerprint density at radius 2 is 2.11 bits per heavy atom. The Labute approximate surface area is 117 Å². The quantitative estimate of drug-likeness (QED) is 0.907. The maximum atomic E-state index is 11.0. The SMILES string of the molecule is COc1ccc(C(O)(CN(C)C)C2CC2)cc1Br. The van der Waals surface area contributed by atoms with E-state index in [-0.39, 0.29) is 0 Å². The fraction of sp³-hybridized carbons (Fsp3) is 0.571. The van der Waals surface area contributed by atoms with Gasteiger partial charge in [0.25, 0.3) is 0 Å². The van der Waals surface area contributed by atoms with Crippen LogP contribution in [-0.4, -0.2) is 37.8 Å². The first kappa shape index (κ1) is 13.8. The summed E-state index contributed by atoms with van der Waals surface area (Å²) >= 11 is 3.49. The van der Waals surface area contributed by atoms with Crippen LogP contribution in [0.5, 0.6) is 5.75 Å². The van der Waals surface area contributed by atoms with Crippen LogP contribution in [0.3, 0.4) is 0 Å². The van der Waals surface area contributed by atoms with E-state index in [0.717, 1.165) is 28.6 Å². The number of ether oxygens (including phenoxy) is 1. The number of halogens is 1. The molecule has 2 rings (SSSR count). The van der Waals surface area contributed by atoms with E-state index in [0.29, 0.717) is 12.5 Å². The van der Waals surface area contributed by atoms with Crippen molar-refractivity contribution in [3.8, 4) is 5.75 Å². The summed E-state index contributed by atoms with van der Waals surface area (Å²) < 4.78 is 6.12. The monoisotopic (exact) mass is 313 g/mol. The fourth-order valence-corrected chi connectivity index (χ4v) is 2.98. The van der Waals surface area contributed by atoms with Crippen LogP contribution in [0.1, 0.15) is 18.4 Å². The minimum absolute atomic E-state index is 0.375. The van der Waals surface area contributed by atoms with Crippen molar-refractivity contribution in [1.82, 2.24) is 4.90 Å². The summed E-state index contributed by atoms with van der Waals surface area (Å²) in [5.74, 6) is 1.17. The van der Waals surface area contributed by atoms with Gasteiger partial charge in [-0.25, -0.2) is 0 Å². The summed E-state index contributed by atoms with van der Waals surface area (Å²) in [6, 6.07) is 5.84. The number of hydrogen-bond donors (Lipinski definition) is 1. The summed E-state index contributed by atoms with van der Waals surface area (Å²) in [6.07, 6.45) is 2.21. The van der Waals surface area contributed by atoms with Crippen molar-refractivity contribution in [1.29, 1.82) is 0 Å². The lowest BCUT2D eigenvalue weighted by atomic mass is 9.88. The van der Waals surface area contributed by atoms with E-state index < -0.39 is 5.60 Å². The highest BCUT2D eigenvalue weighted by atomic mass is 79.9. The van der Waals surface area contributed by atoms with E-state index in [9.17, 15) is 5.11 Å². The number of methoxy groups -OCH3 is 1. The highest BCUT2D eigenvalue weighted by molar-refractivity contribution is 9.10. The Morgan fingerprint density at radius 1 is 1.44 bits per heavy atom. The van der Waals surface area contributed by atoms with Crippen LogP contribution in [-0.2, 0) is 5.60 Å². The van der Waals surface area contributed by atoms with Crippen molar-refractivity contribution in [2.75, 3.05) is 27.7 Å². The van der Waals surface area contributed by atoms with Crippen molar-refractivity contribution in [3.05, 3.63) is 28.2 Å². The van der Waals surface area contributed by atoms with Crippen LogP contribution in [0.15, 0.2) is 22.7 Å². The van der Waals surface area contributed by atoms with Crippen LogP contribution < -0.4 is 4.74 Å². The van der Waals surface area contributed by atoms with Crippen LogP contribution in [0, 0.1) is 5.92 Å². The highest BCUT2D eigenvalue weighted by Crippen LogP contribution is 2.47. The minimum Gasteiger partial charge on any atom is -0.496 e. The van der Waals surface area contributed by atoms with Gasteiger partial charge in [-0.1, -0.05) is 6.07 Å². The zero-order valence-corrected chi connectivity index (χ0v) is 12.7. The average molecular weight is 314 g/mol. The van der Waals surface area contributed by atoms with Gasteiger partial charge in [-0.15, -0.1) is 0 Å². The standard InChI is InChI=1S/C14H20BrNO2/c1-16(2)9-14(17,10-4-5-10)11-6-7-13(18-3)12(15)8-11/h6-8,10,17H,4-5,9H2,1-3H3. The van der Waals surface area contributed by atoms with E-state index in [1.165, 1.54) is 0 Å². The summed E-state index contributed by atoms with van der Waals surface area (Å²) in [6.45, 7) is 0.649. The van der Waals surface area contributed by atoms with Crippen molar-refractivity contribution in [2.24, 2.45) is 5.92 Å². The molecule has 18 heavy (non-hydrogen) atoms. The van der Waals surface area contributed by atoms with E-state index in [1.54, 1.807) is 7.11 Å². The molecule has 0 bridgehead atoms. The van der Waals surface area contributed by atoms with E-state index in [2.05, 4.69) is 15.9 Å². The first-order valence-electron chi connectivity index (χ1n) is 6.18. The fourth-order valence-electron chi connectivity index (χ4n) is 2.43. The van der Waals surface area contributed by atoms with E-state index >= 15 is 0 Å². The van der Waals surface area contributed by atoms with Gasteiger partial charge in [-0.3, -0.25) is 0 Å².